The standard InChI is InChI=1S/C23H29N3O.H2/c1-3-12-23(13-4-2)14-7-15-26(17-23)22(27)25-21-11-10-18(16-24)19-8-5-6-9-20(19)21;/h5-6,8-11H,3-4,7,12-15,17H2,1-2H3,(H,25,27);1H. The van der Waals surface area contributed by atoms with Crippen molar-refractivity contribution in [2.24, 2.45) is 5.41 Å². The molecule has 1 saturated heterocycles. The molecule has 0 radical (unpaired) electrons. The van der Waals surface area contributed by atoms with Crippen LogP contribution < -0.4 is 5.32 Å². The van der Waals surface area contributed by atoms with E-state index in [9.17, 15) is 10.1 Å². The monoisotopic (exact) mass is 365 g/mol. The molecule has 27 heavy (non-hydrogen) atoms. The number of nitrogens with zero attached hydrogens (tertiary/aromatic N) is 2. The zero-order chi connectivity index (χ0) is 19.3. The number of rotatable bonds is 5. The molecule has 144 valence electrons. The summed E-state index contributed by atoms with van der Waals surface area (Å²) in [6, 6.07) is 13.6. The molecule has 1 fully saturated rings. The van der Waals surface area contributed by atoms with Gasteiger partial charge in [-0.2, -0.15) is 5.26 Å². The second-order valence-corrected chi connectivity index (χ2v) is 7.77. The molecular weight excluding hydrogens is 334 g/mol. The van der Waals surface area contributed by atoms with Gasteiger partial charge in [0.15, 0.2) is 0 Å². The van der Waals surface area contributed by atoms with Crippen molar-refractivity contribution in [3.05, 3.63) is 42.0 Å². The number of amides is 2. The summed E-state index contributed by atoms with van der Waals surface area (Å²) in [4.78, 5) is 15.0. The third-order valence-corrected chi connectivity index (χ3v) is 5.80. The van der Waals surface area contributed by atoms with Crippen molar-refractivity contribution in [3.63, 3.8) is 0 Å². The highest BCUT2D eigenvalue weighted by Gasteiger charge is 2.35. The van der Waals surface area contributed by atoms with Crippen LogP contribution in [-0.2, 0) is 0 Å². The van der Waals surface area contributed by atoms with Crippen molar-refractivity contribution in [3.8, 4) is 6.07 Å². The van der Waals surface area contributed by atoms with Gasteiger partial charge in [0.2, 0.25) is 0 Å². The third-order valence-electron chi connectivity index (χ3n) is 5.80. The lowest BCUT2D eigenvalue weighted by Crippen LogP contribution is -2.47. The summed E-state index contributed by atoms with van der Waals surface area (Å²) >= 11 is 0. The Morgan fingerprint density at radius 2 is 1.89 bits per heavy atom. The van der Waals surface area contributed by atoms with Crippen LogP contribution in [0.3, 0.4) is 0 Å². The van der Waals surface area contributed by atoms with Crippen molar-refractivity contribution < 1.29 is 6.22 Å². The average Bonchev–Trinajstić information content (AvgIpc) is 2.69. The van der Waals surface area contributed by atoms with Crippen molar-refractivity contribution >= 4 is 22.5 Å². The molecule has 0 aromatic heterocycles. The molecule has 0 bridgehead atoms. The topological polar surface area (TPSA) is 56.1 Å². The molecule has 2 aromatic rings. The molecule has 3 rings (SSSR count). The fraction of sp³-hybridized carbons (Fsp3) is 0.478. The van der Waals surface area contributed by atoms with Crippen molar-refractivity contribution in [2.75, 3.05) is 18.4 Å². The largest absolute Gasteiger partial charge is 0.324 e. The Morgan fingerprint density at radius 1 is 1.19 bits per heavy atom. The van der Waals surface area contributed by atoms with E-state index in [1.165, 1.54) is 19.3 Å². The lowest BCUT2D eigenvalue weighted by atomic mass is 9.73. The Morgan fingerprint density at radius 3 is 2.56 bits per heavy atom. The highest BCUT2D eigenvalue weighted by atomic mass is 16.2. The minimum absolute atomic E-state index is 0. The Kier molecular flexibility index (Phi) is 6.01. The van der Waals surface area contributed by atoms with E-state index in [0.717, 1.165) is 48.8 Å². The number of hydrogen-bond donors (Lipinski definition) is 1. The summed E-state index contributed by atoms with van der Waals surface area (Å²) in [7, 11) is 0. The number of benzene rings is 2. The minimum Gasteiger partial charge on any atom is -0.324 e. The van der Waals surface area contributed by atoms with Crippen LogP contribution in [0.4, 0.5) is 10.5 Å². The Labute approximate surface area is 163 Å². The van der Waals surface area contributed by atoms with Gasteiger partial charge in [0.05, 0.1) is 17.3 Å². The molecule has 1 N–H and O–H groups in total. The zero-order valence-electron chi connectivity index (χ0n) is 16.4. The second-order valence-electron chi connectivity index (χ2n) is 7.77. The molecule has 2 amide bonds. The Bertz CT molecular complexity index is 847. The number of likely N-dealkylation sites (tertiary alicyclic amines) is 1. The van der Waals surface area contributed by atoms with Gasteiger partial charge in [-0.15, -0.1) is 0 Å². The number of carbonyl (C=O) groups excluding carboxylic acids is 1. The maximum absolute atomic E-state index is 13.0. The SMILES string of the molecule is CCCC1(CCC)CCCN(C(=O)Nc2ccc(C#N)c3ccccc23)C1.[HH]. The number of nitrogens with one attached hydrogen (secondary N) is 1. The van der Waals surface area contributed by atoms with E-state index in [1.54, 1.807) is 6.07 Å². The summed E-state index contributed by atoms with van der Waals surface area (Å²) in [5, 5.41) is 14.2. The Balaban J connectivity index is 0.00000280. The summed E-state index contributed by atoms with van der Waals surface area (Å²) in [6.07, 6.45) is 6.99. The van der Waals surface area contributed by atoms with E-state index in [-0.39, 0.29) is 12.9 Å². The van der Waals surface area contributed by atoms with Gasteiger partial charge in [0.25, 0.3) is 0 Å². The van der Waals surface area contributed by atoms with Crippen LogP contribution in [0.15, 0.2) is 36.4 Å². The van der Waals surface area contributed by atoms with Gasteiger partial charge in [-0.05, 0) is 43.2 Å². The molecule has 0 atom stereocenters. The first-order valence-electron chi connectivity index (χ1n) is 10.1. The fourth-order valence-electron chi connectivity index (χ4n) is 4.67. The predicted molar refractivity (Wildman–Crippen MR) is 113 cm³/mol. The molecule has 2 aromatic carbocycles. The van der Waals surface area contributed by atoms with Crippen LogP contribution in [0.25, 0.3) is 10.8 Å². The quantitative estimate of drug-likeness (QED) is 0.688. The first kappa shape index (κ1) is 19.2. The van der Waals surface area contributed by atoms with E-state index in [2.05, 4.69) is 25.2 Å². The fourth-order valence-corrected chi connectivity index (χ4v) is 4.67. The second kappa shape index (κ2) is 8.43. The van der Waals surface area contributed by atoms with Crippen LogP contribution in [0.2, 0.25) is 0 Å². The van der Waals surface area contributed by atoms with Crippen LogP contribution >= 0.6 is 0 Å². The summed E-state index contributed by atoms with van der Waals surface area (Å²) in [5.74, 6) is 0. The number of fused-ring (bicyclic) bond motifs is 1. The van der Waals surface area contributed by atoms with Crippen LogP contribution in [0.5, 0.6) is 0 Å². The lowest BCUT2D eigenvalue weighted by molar-refractivity contribution is 0.0926. The normalized spacial score (nSPS) is 16.1. The molecule has 4 heteroatoms. The van der Waals surface area contributed by atoms with Gasteiger partial charge in [0.1, 0.15) is 0 Å². The van der Waals surface area contributed by atoms with Gasteiger partial charge in [0, 0.05) is 25.3 Å². The highest BCUT2D eigenvalue weighted by Crippen LogP contribution is 2.39. The predicted octanol–water partition coefficient (Wildman–Crippen LogP) is 6.17. The molecule has 0 unspecified atom stereocenters. The van der Waals surface area contributed by atoms with E-state index in [0.29, 0.717) is 5.56 Å². The number of piperidine rings is 1. The first-order chi connectivity index (χ1) is 13.1. The molecule has 0 saturated carbocycles. The van der Waals surface area contributed by atoms with E-state index < -0.39 is 0 Å². The number of hydrogen-bond acceptors (Lipinski definition) is 2. The molecular formula is C23H31N3O. The molecule has 1 aliphatic heterocycles. The van der Waals surface area contributed by atoms with E-state index in [4.69, 9.17) is 0 Å². The number of carbonyl (C=O) groups is 1. The molecule has 1 aliphatic rings. The highest BCUT2D eigenvalue weighted by molar-refractivity contribution is 6.03. The van der Waals surface area contributed by atoms with E-state index in [1.807, 2.05) is 35.2 Å². The molecule has 0 aliphatic carbocycles. The minimum atomic E-state index is -0.0267. The van der Waals surface area contributed by atoms with Crippen LogP contribution in [0, 0.1) is 16.7 Å². The first-order valence-corrected chi connectivity index (χ1v) is 10.1. The van der Waals surface area contributed by atoms with Gasteiger partial charge in [-0.1, -0.05) is 51.0 Å². The lowest BCUT2D eigenvalue weighted by Gasteiger charge is -2.43. The van der Waals surface area contributed by atoms with Crippen LogP contribution in [0.1, 0.15) is 59.4 Å². The Hall–Kier alpha value is -2.54. The third kappa shape index (κ3) is 4.08. The average molecular weight is 366 g/mol. The maximum atomic E-state index is 13.0. The number of anilines is 1. The van der Waals surface area contributed by atoms with Gasteiger partial charge >= 0.3 is 6.03 Å². The van der Waals surface area contributed by atoms with Crippen LogP contribution in [-0.4, -0.2) is 24.0 Å². The summed E-state index contributed by atoms with van der Waals surface area (Å²) in [6.45, 7) is 6.13. The maximum Gasteiger partial charge on any atom is 0.321 e. The zero-order valence-corrected chi connectivity index (χ0v) is 16.4. The smallest absolute Gasteiger partial charge is 0.321 e. The van der Waals surface area contributed by atoms with Gasteiger partial charge < -0.3 is 10.2 Å². The van der Waals surface area contributed by atoms with Gasteiger partial charge in [-0.3, -0.25) is 0 Å². The van der Waals surface area contributed by atoms with E-state index >= 15 is 0 Å². The number of nitriles is 1. The summed E-state index contributed by atoms with van der Waals surface area (Å²) in [5.41, 5.74) is 1.68. The van der Waals surface area contributed by atoms with Crippen molar-refractivity contribution in [2.45, 2.75) is 52.4 Å². The molecule has 4 nitrogen and oxygen atoms in total. The number of urea groups is 1. The molecule has 1 heterocycles. The molecule has 0 spiro atoms. The van der Waals surface area contributed by atoms with Crippen molar-refractivity contribution in [1.82, 2.24) is 4.90 Å². The van der Waals surface area contributed by atoms with Crippen molar-refractivity contribution in [1.29, 1.82) is 5.26 Å². The van der Waals surface area contributed by atoms with Gasteiger partial charge in [-0.25, -0.2) is 4.79 Å². The summed E-state index contributed by atoms with van der Waals surface area (Å²) < 4.78 is 0.